The van der Waals surface area contributed by atoms with Crippen molar-refractivity contribution < 1.29 is 14.2 Å². The Balaban J connectivity index is 1.57. The molecule has 1 fully saturated rings. The fourth-order valence-electron chi connectivity index (χ4n) is 2.60. The van der Waals surface area contributed by atoms with Gasteiger partial charge in [0.2, 0.25) is 0 Å². The quantitative estimate of drug-likeness (QED) is 0.896. The molecule has 1 atom stereocenters. The first kappa shape index (κ1) is 13.7. The molecule has 5 nitrogen and oxygen atoms in total. The van der Waals surface area contributed by atoms with E-state index >= 15 is 0 Å². The highest BCUT2D eigenvalue weighted by molar-refractivity contribution is 5.44. The van der Waals surface area contributed by atoms with Gasteiger partial charge in [-0.05, 0) is 24.1 Å². The molecule has 0 aromatic heterocycles. The van der Waals surface area contributed by atoms with E-state index in [1.54, 1.807) is 0 Å². The van der Waals surface area contributed by atoms with Crippen LogP contribution in [0.5, 0.6) is 11.5 Å². The lowest BCUT2D eigenvalue weighted by Crippen LogP contribution is -2.37. The summed E-state index contributed by atoms with van der Waals surface area (Å²) in [6.45, 7) is 5.92. The van der Waals surface area contributed by atoms with Crippen LogP contribution in [-0.2, 0) is 4.74 Å². The lowest BCUT2D eigenvalue weighted by molar-refractivity contribution is 0.0366. The summed E-state index contributed by atoms with van der Waals surface area (Å²) in [5, 5.41) is 0. The SMILES string of the molecule is N[C@H](CCN1CCOCC1)c1ccc2c(c1)OCCO2. The third-order valence-corrected chi connectivity index (χ3v) is 3.85. The molecule has 2 N–H and O–H groups in total. The summed E-state index contributed by atoms with van der Waals surface area (Å²) in [5.74, 6) is 1.64. The maximum atomic E-state index is 6.29. The minimum absolute atomic E-state index is 0.0358. The largest absolute Gasteiger partial charge is 0.486 e. The second kappa shape index (κ2) is 6.43. The molecule has 2 aliphatic heterocycles. The van der Waals surface area contributed by atoms with Crippen LogP contribution in [0.15, 0.2) is 18.2 Å². The number of fused-ring (bicyclic) bond motifs is 1. The van der Waals surface area contributed by atoms with E-state index in [1.165, 1.54) is 0 Å². The second-order valence-corrected chi connectivity index (χ2v) is 5.25. The van der Waals surface area contributed by atoms with Crippen molar-refractivity contribution >= 4 is 0 Å². The van der Waals surface area contributed by atoms with Crippen molar-refractivity contribution in [3.63, 3.8) is 0 Å². The maximum absolute atomic E-state index is 6.29. The van der Waals surface area contributed by atoms with Gasteiger partial charge in [-0.15, -0.1) is 0 Å². The van der Waals surface area contributed by atoms with Gasteiger partial charge in [-0.1, -0.05) is 6.07 Å². The summed E-state index contributed by atoms with van der Waals surface area (Å²) in [6, 6.07) is 6.04. The lowest BCUT2D eigenvalue weighted by Gasteiger charge is -2.27. The zero-order chi connectivity index (χ0) is 13.8. The van der Waals surface area contributed by atoms with Crippen molar-refractivity contribution in [1.29, 1.82) is 0 Å². The summed E-state index contributed by atoms with van der Waals surface area (Å²) in [5.41, 5.74) is 7.40. The number of hydrogen-bond donors (Lipinski definition) is 1. The highest BCUT2D eigenvalue weighted by Gasteiger charge is 2.16. The van der Waals surface area contributed by atoms with Crippen LogP contribution in [0, 0.1) is 0 Å². The number of nitrogens with two attached hydrogens (primary N) is 1. The fourth-order valence-corrected chi connectivity index (χ4v) is 2.60. The smallest absolute Gasteiger partial charge is 0.161 e. The fraction of sp³-hybridized carbons (Fsp3) is 0.600. The molecule has 0 saturated carbocycles. The van der Waals surface area contributed by atoms with Crippen molar-refractivity contribution in [3.05, 3.63) is 23.8 Å². The zero-order valence-corrected chi connectivity index (χ0v) is 11.7. The van der Waals surface area contributed by atoms with Crippen LogP contribution in [-0.4, -0.2) is 51.0 Å². The molecule has 2 aliphatic rings. The van der Waals surface area contributed by atoms with Gasteiger partial charge < -0.3 is 19.9 Å². The molecule has 5 heteroatoms. The predicted molar refractivity (Wildman–Crippen MR) is 76.2 cm³/mol. The first-order valence-corrected chi connectivity index (χ1v) is 7.28. The number of ether oxygens (including phenoxy) is 3. The van der Waals surface area contributed by atoms with Crippen molar-refractivity contribution in [2.24, 2.45) is 5.73 Å². The average molecular weight is 278 g/mol. The Morgan fingerprint density at radius 2 is 1.80 bits per heavy atom. The molecule has 2 heterocycles. The average Bonchev–Trinajstić information content (AvgIpc) is 2.53. The van der Waals surface area contributed by atoms with Gasteiger partial charge in [-0.25, -0.2) is 0 Å². The van der Waals surface area contributed by atoms with E-state index in [4.69, 9.17) is 19.9 Å². The van der Waals surface area contributed by atoms with E-state index in [2.05, 4.69) is 4.90 Å². The Kier molecular flexibility index (Phi) is 4.40. The predicted octanol–water partition coefficient (Wildman–Crippen LogP) is 1.18. The Bertz CT molecular complexity index is 447. The lowest BCUT2D eigenvalue weighted by atomic mass is 10.0. The van der Waals surface area contributed by atoms with Crippen LogP contribution in [0.3, 0.4) is 0 Å². The van der Waals surface area contributed by atoms with Crippen LogP contribution >= 0.6 is 0 Å². The molecule has 0 aliphatic carbocycles. The van der Waals surface area contributed by atoms with Gasteiger partial charge in [0, 0.05) is 25.7 Å². The van der Waals surface area contributed by atoms with E-state index in [1.807, 2.05) is 18.2 Å². The monoisotopic (exact) mass is 278 g/mol. The summed E-state index contributed by atoms with van der Waals surface area (Å²) < 4.78 is 16.5. The van der Waals surface area contributed by atoms with Crippen molar-refractivity contribution in [2.75, 3.05) is 46.1 Å². The topological polar surface area (TPSA) is 57.0 Å². The van der Waals surface area contributed by atoms with Crippen LogP contribution in [0.2, 0.25) is 0 Å². The van der Waals surface area contributed by atoms with Gasteiger partial charge in [0.25, 0.3) is 0 Å². The van der Waals surface area contributed by atoms with E-state index < -0.39 is 0 Å². The first-order valence-electron chi connectivity index (χ1n) is 7.28. The van der Waals surface area contributed by atoms with Crippen LogP contribution in [0.25, 0.3) is 0 Å². The Morgan fingerprint density at radius 3 is 2.60 bits per heavy atom. The van der Waals surface area contributed by atoms with E-state index in [0.717, 1.165) is 56.3 Å². The first-order chi connectivity index (χ1) is 9.83. The van der Waals surface area contributed by atoms with Gasteiger partial charge in [0.05, 0.1) is 13.2 Å². The second-order valence-electron chi connectivity index (χ2n) is 5.25. The molecule has 0 radical (unpaired) electrons. The summed E-state index contributed by atoms with van der Waals surface area (Å²) in [7, 11) is 0. The molecule has 20 heavy (non-hydrogen) atoms. The molecular weight excluding hydrogens is 256 g/mol. The molecule has 0 unspecified atom stereocenters. The van der Waals surface area contributed by atoms with Gasteiger partial charge in [0.1, 0.15) is 13.2 Å². The highest BCUT2D eigenvalue weighted by atomic mass is 16.6. The van der Waals surface area contributed by atoms with Crippen molar-refractivity contribution in [2.45, 2.75) is 12.5 Å². The normalized spacial score (nSPS) is 20.6. The highest BCUT2D eigenvalue weighted by Crippen LogP contribution is 2.32. The standard InChI is InChI=1S/C15H22N2O3/c16-13(3-4-17-5-7-18-8-6-17)12-1-2-14-15(11-12)20-10-9-19-14/h1-2,11,13H,3-10,16H2/t13-/m1/s1. The molecule has 0 spiro atoms. The number of benzene rings is 1. The van der Waals surface area contributed by atoms with E-state index in [0.29, 0.717) is 13.2 Å². The van der Waals surface area contributed by atoms with Crippen LogP contribution in [0.4, 0.5) is 0 Å². The number of nitrogens with zero attached hydrogens (tertiary/aromatic N) is 1. The minimum Gasteiger partial charge on any atom is -0.486 e. The molecule has 1 aromatic carbocycles. The third-order valence-electron chi connectivity index (χ3n) is 3.85. The Hall–Kier alpha value is -1.30. The molecule has 110 valence electrons. The van der Waals surface area contributed by atoms with Crippen molar-refractivity contribution in [1.82, 2.24) is 4.90 Å². The summed E-state index contributed by atoms with van der Waals surface area (Å²) in [6.07, 6.45) is 0.944. The van der Waals surface area contributed by atoms with Gasteiger partial charge in [-0.2, -0.15) is 0 Å². The minimum atomic E-state index is 0.0358. The molecule has 1 saturated heterocycles. The zero-order valence-electron chi connectivity index (χ0n) is 11.7. The number of morpholine rings is 1. The molecule has 1 aromatic rings. The molecule has 0 bridgehead atoms. The molecule has 3 rings (SSSR count). The number of rotatable bonds is 4. The Labute approximate surface area is 119 Å². The van der Waals surface area contributed by atoms with Crippen LogP contribution < -0.4 is 15.2 Å². The maximum Gasteiger partial charge on any atom is 0.161 e. The van der Waals surface area contributed by atoms with Crippen molar-refractivity contribution in [3.8, 4) is 11.5 Å². The van der Waals surface area contributed by atoms with Crippen LogP contribution in [0.1, 0.15) is 18.0 Å². The van der Waals surface area contributed by atoms with Gasteiger partial charge in [-0.3, -0.25) is 4.90 Å². The van der Waals surface area contributed by atoms with Gasteiger partial charge >= 0.3 is 0 Å². The molecule has 0 amide bonds. The third kappa shape index (κ3) is 3.23. The summed E-state index contributed by atoms with van der Waals surface area (Å²) in [4.78, 5) is 2.40. The summed E-state index contributed by atoms with van der Waals surface area (Å²) >= 11 is 0. The van der Waals surface area contributed by atoms with E-state index in [-0.39, 0.29) is 6.04 Å². The Morgan fingerprint density at radius 1 is 1.05 bits per heavy atom. The number of hydrogen-bond acceptors (Lipinski definition) is 5. The van der Waals surface area contributed by atoms with Gasteiger partial charge in [0.15, 0.2) is 11.5 Å². The molecular formula is C15H22N2O3. The van der Waals surface area contributed by atoms with E-state index in [9.17, 15) is 0 Å².